The highest BCUT2D eigenvalue weighted by molar-refractivity contribution is 7.99. The lowest BCUT2D eigenvalue weighted by atomic mass is 10.1. The number of aromatic nitrogens is 3. The number of amides is 1. The Labute approximate surface area is 139 Å². The van der Waals surface area contributed by atoms with Crippen molar-refractivity contribution in [3.8, 4) is 0 Å². The highest BCUT2D eigenvalue weighted by Gasteiger charge is 2.12. The maximum Gasteiger partial charge on any atom is 0.343 e. The van der Waals surface area contributed by atoms with Crippen molar-refractivity contribution in [3.63, 3.8) is 0 Å². The van der Waals surface area contributed by atoms with Crippen molar-refractivity contribution in [2.24, 2.45) is 0 Å². The smallest absolute Gasteiger partial charge is 0.325 e. The number of nitrogens with one attached hydrogen (secondary N) is 2. The van der Waals surface area contributed by atoms with Crippen molar-refractivity contribution >= 4 is 23.4 Å². The molecule has 1 aromatic carbocycles. The van der Waals surface area contributed by atoms with Crippen LogP contribution in [0.2, 0.25) is 0 Å². The number of para-hydroxylation sites is 1. The molecule has 1 heterocycles. The van der Waals surface area contributed by atoms with Crippen molar-refractivity contribution in [1.29, 1.82) is 0 Å². The van der Waals surface area contributed by atoms with E-state index in [1.807, 2.05) is 24.3 Å². The number of rotatable bonds is 8. The molecule has 1 amide bonds. The van der Waals surface area contributed by atoms with Gasteiger partial charge in [0.05, 0.1) is 5.75 Å². The minimum Gasteiger partial charge on any atom is -0.325 e. The molecular formula is C16H22N4O2S. The highest BCUT2D eigenvalue weighted by Crippen LogP contribution is 2.18. The van der Waals surface area contributed by atoms with Crippen molar-refractivity contribution < 1.29 is 4.79 Å². The van der Waals surface area contributed by atoms with Gasteiger partial charge in [-0.15, -0.1) is 5.10 Å². The summed E-state index contributed by atoms with van der Waals surface area (Å²) in [5.74, 6) is 0.113. The van der Waals surface area contributed by atoms with Gasteiger partial charge in [0.2, 0.25) is 5.91 Å². The molecule has 0 saturated heterocycles. The van der Waals surface area contributed by atoms with E-state index in [1.54, 1.807) is 4.57 Å². The standard InChI is InChI=1S/C16H22N4O2S/c1-3-5-10-20-15(22)18-19-16(20)23-11-14(21)17-13-9-7-6-8-12(13)4-2/h6-9H,3-5,10-11H2,1-2H3,(H,17,21)(H,18,22). The van der Waals surface area contributed by atoms with Crippen molar-refractivity contribution in [2.75, 3.05) is 11.1 Å². The van der Waals surface area contributed by atoms with Gasteiger partial charge >= 0.3 is 5.69 Å². The summed E-state index contributed by atoms with van der Waals surface area (Å²) in [6, 6.07) is 7.75. The van der Waals surface area contributed by atoms with Crippen LogP contribution >= 0.6 is 11.8 Å². The molecule has 23 heavy (non-hydrogen) atoms. The minimum absolute atomic E-state index is 0.103. The fraction of sp³-hybridized carbons (Fsp3) is 0.438. The van der Waals surface area contributed by atoms with E-state index in [4.69, 9.17) is 0 Å². The lowest BCUT2D eigenvalue weighted by molar-refractivity contribution is -0.113. The lowest BCUT2D eigenvalue weighted by Crippen LogP contribution is -2.19. The van der Waals surface area contributed by atoms with Crippen LogP contribution in [-0.4, -0.2) is 26.4 Å². The van der Waals surface area contributed by atoms with Crippen LogP contribution in [0.15, 0.2) is 34.2 Å². The summed E-state index contributed by atoms with van der Waals surface area (Å²) in [6.07, 6.45) is 2.76. The second kappa shape index (κ2) is 8.57. The predicted octanol–water partition coefficient (Wildman–Crippen LogP) is 2.66. The third kappa shape index (κ3) is 4.72. The fourth-order valence-electron chi connectivity index (χ4n) is 2.19. The van der Waals surface area contributed by atoms with Gasteiger partial charge in [-0.25, -0.2) is 9.89 Å². The monoisotopic (exact) mass is 334 g/mol. The third-order valence-corrected chi connectivity index (χ3v) is 4.44. The Morgan fingerprint density at radius 3 is 2.87 bits per heavy atom. The maximum absolute atomic E-state index is 12.1. The summed E-state index contributed by atoms with van der Waals surface area (Å²) >= 11 is 1.27. The number of carbonyl (C=O) groups excluding carboxylic acids is 1. The van der Waals surface area contributed by atoms with Gasteiger partial charge in [-0.2, -0.15) is 0 Å². The first-order valence-corrected chi connectivity index (χ1v) is 8.80. The first kappa shape index (κ1) is 17.3. The van der Waals surface area contributed by atoms with Crippen molar-refractivity contribution in [2.45, 2.75) is 44.8 Å². The average Bonchev–Trinajstić information content (AvgIpc) is 2.91. The fourth-order valence-corrected chi connectivity index (χ4v) is 2.97. The quantitative estimate of drug-likeness (QED) is 0.727. The van der Waals surface area contributed by atoms with Crippen LogP contribution in [0.3, 0.4) is 0 Å². The van der Waals surface area contributed by atoms with E-state index in [0.717, 1.165) is 30.5 Å². The number of unbranched alkanes of at least 4 members (excludes halogenated alkanes) is 1. The molecule has 2 aromatic rings. The highest BCUT2D eigenvalue weighted by atomic mass is 32.2. The van der Waals surface area contributed by atoms with Crippen LogP contribution in [0.5, 0.6) is 0 Å². The number of aryl methyl sites for hydroxylation is 1. The number of carbonyl (C=O) groups is 1. The number of aromatic amines is 1. The van der Waals surface area contributed by atoms with Crippen LogP contribution in [0.25, 0.3) is 0 Å². The van der Waals surface area contributed by atoms with Gasteiger partial charge in [0.1, 0.15) is 0 Å². The van der Waals surface area contributed by atoms with Crippen molar-refractivity contribution in [1.82, 2.24) is 14.8 Å². The molecule has 0 aliphatic carbocycles. The second-order valence-electron chi connectivity index (χ2n) is 5.16. The van der Waals surface area contributed by atoms with E-state index in [9.17, 15) is 9.59 Å². The summed E-state index contributed by atoms with van der Waals surface area (Å²) in [5.41, 5.74) is 1.72. The Kier molecular flexibility index (Phi) is 6.46. The van der Waals surface area contributed by atoms with E-state index in [0.29, 0.717) is 11.7 Å². The zero-order valence-corrected chi connectivity index (χ0v) is 14.3. The number of hydrogen-bond donors (Lipinski definition) is 2. The second-order valence-corrected chi connectivity index (χ2v) is 6.11. The molecule has 124 valence electrons. The largest absolute Gasteiger partial charge is 0.343 e. The minimum atomic E-state index is -0.224. The SMILES string of the molecule is CCCCn1c(SCC(=O)Nc2ccccc2CC)n[nH]c1=O. The molecule has 0 unspecified atom stereocenters. The Balaban J connectivity index is 1.96. The van der Waals surface area contributed by atoms with E-state index in [2.05, 4.69) is 29.4 Å². The zero-order chi connectivity index (χ0) is 16.7. The summed E-state index contributed by atoms with van der Waals surface area (Å²) in [7, 11) is 0. The molecule has 0 radical (unpaired) electrons. The van der Waals surface area contributed by atoms with Gasteiger partial charge < -0.3 is 5.32 Å². The number of anilines is 1. The van der Waals surface area contributed by atoms with Gasteiger partial charge in [-0.05, 0) is 24.5 Å². The molecule has 0 atom stereocenters. The number of nitrogens with zero attached hydrogens (tertiary/aromatic N) is 2. The molecule has 0 bridgehead atoms. The zero-order valence-electron chi connectivity index (χ0n) is 13.5. The van der Waals surface area contributed by atoms with E-state index in [-0.39, 0.29) is 17.3 Å². The average molecular weight is 334 g/mol. The third-order valence-electron chi connectivity index (χ3n) is 3.46. The Morgan fingerprint density at radius 1 is 1.35 bits per heavy atom. The summed E-state index contributed by atoms with van der Waals surface area (Å²) in [5, 5.41) is 9.91. The summed E-state index contributed by atoms with van der Waals surface area (Å²) in [6.45, 7) is 4.74. The number of H-pyrrole nitrogens is 1. The molecule has 0 spiro atoms. The van der Waals surface area contributed by atoms with Crippen LogP contribution in [0.4, 0.5) is 5.69 Å². The van der Waals surface area contributed by atoms with Crippen molar-refractivity contribution in [3.05, 3.63) is 40.3 Å². The van der Waals surface area contributed by atoms with Gasteiger partial charge in [0, 0.05) is 12.2 Å². The lowest BCUT2D eigenvalue weighted by Gasteiger charge is -2.09. The summed E-state index contributed by atoms with van der Waals surface area (Å²) < 4.78 is 1.58. The van der Waals surface area contributed by atoms with E-state index in [1.165, 1.54) is 11.8 Å². The summed E-state index contributed by atoms with van der Waals surface area (Å²) in [4.78, 5) is 23.8. The van der Waals surface area contributed by atoms with E-state index < -0.39 is 0 Å². The molecule has 0 saturated carbocycles. The molecule has 6 nitrogen and oxygen atoms in total. The molecule has 0 aliphatic rings. The molecule has 1 aromatic heterocycles. The molecule has 2 N–H and O–H groups in total. The van der Waals surface area contributed by atoms with E-state index >= 15 is 0 Å². The van der Waals surface area contributed by atoms with Crippen LogP contribution in [0, 0.1) is 0 Å². The topological polar surface area (TPSA) is 79.8 Å². The Bertz CT molecular complexity index is 708. The Hall–Kier alpha value is -2.02. The normalized spacial score (nSPS) is 10.7. The van der Waals surface area contributed by atoms with Crippen LogP contribution in [-0.2, 0) is 17.8 Å². The van der Waals surface area contributed by atoms with Crippen LogP contribution < -0.4 is 11.0 Å². The van der Waals surface area contributed by atoms with Gasteiger partial charge in [0.25, 0.3) is 0 Å². The molecule has 0 aliphatic heterocycles. The Morgan fingerprint density at radius 2 is 2.13 bits per heavy atom. The van der Waals surface area contributed by atoms with Crippen LogP contribution in [0.1, 0.15) is 32.3 Å². The molecule has 0 fully saturated rings. The predicted molar refractivity (Wildman–Crippen MR) is 92.9 cm³/mol. The molecule has 7 heteroatoms. The molecular weight excluding hydrogens is 312 g/mol. The van der Waals surface area contributed by atoms with Gasteiger partial charge in [-0.1, -0.05) is 50.2 Å². The number of benzene rings is 1. The first-order valence-electron chi connectivity index (χ1n) is 7.81. The molecule has 2 rings (SSSR count). The van der Waals surface area contributed by atoms with Gasteiger partial charge in [0.15, 0.2) is 5.16 Å². The first-order chi connectivity index (χ1) is 11.2. The van der Waals surface area contributed by atoms with Gasteiger partial charge in [-0.3, -0.25) is 9.36 Å². The maximum atomic E-state index is 12.1. The number of hydrogen-bond acceptors (Lipinski definition) is 4. The number of thioether (sulfide) groups is 1.